The zero-order chi connectivity index (χ0) is 27.1. The van der Waals surface area contributed by atoms with Gasteiger partial charge < -0.3 is 34.8 Å². The average molecular weight is 550 g/mol. The van der Waals surface area contributed by atoms with Gasteiger partial charge in [-0.25, -0.2) is 14.2 Å². The number of nitrogens with one attached hydrogen (secondary N) is 2. The van der Waals surface area contributed by atoms with Crippen molar-refractivity contribution >= 4 is 7.82 Å². The molecule has 2 fully saturated rings. The van der Waals surface area contributed by atoms with Crippen molar-refractivity contribution in [1.82, 2.24) is 19.1 Å². The van der Waals surface area contributed by atoms with Gasteiger partial charge in [-0.05, 0) is 0 Å². The van der Waals surface area contributed by atoms with Crippen LogP contribution in [0.15, 0.2) is 43.7 Å². The van der Waals surface area contributed by atoms with Crippen LogP contribution in [0, 0.1) is 0 Å². The molecule has 37 heavy (non-hydrogen) atoms. The number of aliphatic hydroxyl groups is 4. The highest BCUT2D eigenvalue weighted by Gasteiger charge is 2.50. The van der Waals surface area contributed by atoms with Crippen molar-refractivity contribution in [2.75, 3.05) is 13.2 Å². The number of hydrogen-bond acceptors (Lipinski definition) is 13. The summed E-state index contributed by atoms with van der Waals surface area (Å²) in [5.74, 6) is 0. The second-order valence-electron chi connectivity index (χ2n) is 8.15. The number of ether oxygens (including phenoxy) is 2. The van der Waals surface area contributed by atoms with Gasteiger partial charge >= 0.3 is 19.2 Å². The fourth-order valence-electron chi connectivity index (χ4n) is 3.91. The Hall–Kier alpha value is -2.77. The largest absolute Gasteiger partial charge is 0.472 e. The minimum atomic E-state index is -5.10. The molecule has 2 aromatic rings. The number of aromatic nitrogens is 4. The molecule has 2 aliphatic rings. The van der Waals surface area contributed by atoms with Gasteiger partial charge in [0.05, 0.1) is 13.2 Å². The summed E-state index contributed by atoms with van der Waals surface area (Å²) < 4.78 is 34.8. The first-order valence-corrected chi connectivity index (χ1v) is 12.2. The van der Waals surface area contributed by atoms with Gasteiger partial charge in [0.1, 0.15) is 36.6 Å². The Morgan fingerprint density at radius 3 is 1.95 bits per heavy atom. The Kier molecular flexibility index (Phi) is 7.77. The van der Waals surface area contributed by atoms with E-state index in [1.165, 1.54) is 0 Å². The van der Waals surface area contributed by atoms with Gasteiger partial charge in [-0.1, -0.05) is 0 Å². The maximum Gasteiger partial charge on any atom is 0.472 e. The number of hydrogen-bond donors (Lipinski definition) is 7. The van der Waals surface area contributed by atoms with E-state index < -0.39 is 92.6 Å². The number of phosphoric acid groups is 1. The van der Waals surface area contributed by atoms with E-state index in [0.29, 0.717) is 0 Å². The molecule has 2 aromatic heterocycles. The van der Waals surface area contributed by atoms with E-state index in [2.05, 4.69) is 0 Å². The minimum Gasteiger partial charge on any atom is -0.394 e. The lowest BCUT2D eigenvalue weighted by atomic mass is 10.1. The molecule has 7 N–H and O–H groups in total. The van der Waals surface area contributed by atoms with Gasteiger partial charge in [0, 0.05) is 24.5 Å². The van der Waals surface area contributed by atoms with E-state index in [-0.39, 0.29) is 0 Å². The second kappa shape index (κ2) is 10.5. The lowest BCUT2D eigenvalue weighted by molar-refractivity contribution is -0.0652. The summed E-state index contributed by atoms with van der Waals surface area (Å²) in [6.07, 6.45) is -10.7. The quantitative estimate of drug-likeness (QED) is 0.153. The first-order valence-electron chi connectivity index (χ1n) is 10.7. The molecule has 4 rings (SSSR count). The molecule has 18 nitrogen and oxygen atoms in total. The molecular weight excluding hydrogens is 527 g/mol. The van der Waals surface area contributed by atoms with Gasteiger partial charge in [-0.2, -0.15) is 0 Å². The highest BCUT2D eigenvalue weighted by atomic mass is 31.2. The van der Waals surface area contributed by atoms with Crippen molar-refractivity contribution in [2.45, 2.75) is 49.1 Å². The molecule has 0 aromatic carbocycles. The maximum absolute atomic E-state index is 12.7. The van der Waals surface area contributed by atoms with E-state index >= 15 is 0 Å². The van der Waals surface area contributed by atoms with E-state index in [9.17, 15) is 49.1 Å². The molecule has 204 valence electrons. The molecule has 0 bridgehead atoms. The fourth-order valence-corrected chi connectivity index (χ4v) is 4.84. The van der Waals surface area contributed by atoms with Crippen LogP contribution in [-0.4, -0.2) is 94.3 Å². The number of rotatable bonds is 8. The fraction of sp³-hybridized carbons (Fsp3) is 0.556. The average Bonchev–Trinajstić information content (AvgIpc) is 3.28. The Morgan fingerprint density at radius 2 is 1.41 bits per heavy atom. The number of phosphoric ester groups is 1. The molecule has 0 radical (unpaired) electrons. The van der Waals surface area contributed by atoms with Crippen LogP contribution in [0.3, 0.4) is 0 Å². The Morgan fingerprint density at radius 1 is 0.865 bits per heavy atom. The Bertz CT molecular complexity index is 1400. The summed E-state index contributed by atoms with van der Waals surface area (Å²) in [7, 11) is -5.10. The van der Waals surface area contributed by atoms with Crippen LogP contribution in [-0.2, 0) is 23.1 Å². The SMILES string of the molecule is O=c1ccn([C@@H]2O[C@H](COP(=O)(O)O[C@@H]3[C@H](O)[C@@H](CO)O[C@H]3n3ccc(=O)[nH]c3=O)[C@@H](O)[C@H]2O)c(=O)[nH]1. The molecule has 0 amide bonds. The van der Waals surface area contributed by atoms with Crippen LogP contribution in [0.1, 0.15) is 12.5 Å². The van der Waals surface area contributed by atoms with Crippen molar-refractivity contribution < 1.29 is 48.4 Å². The van der Waals surface area contributed by atoms with Gasteiger partial charge in [-0.3, -0.25) is 37.7 Å². The summed E-state index contributed by atoms with van der Waals surface area (Å²) in [4.78, 5) is 60.8. The molecule has 19 heteroatoms. The molecule has 0 saturated carbocycles. The predicted molar refractivity (Wildman–Crippen MR) is 116 cm³/mol. The molecule has 1 unspecified atom stereocenters. The zero-order valence-corrected chi connectivity index (χ0v) is 19.5. The third kappa shape index (κ3) is 5.58. The van der Waals surface area contributed by atoms with Crippen molar-refractivity contribution in [2.24, 2.45) is 0 Å². The molecular formula is C18H23N4O14P. The zero-order valence-electron chi connectivity index (χ0n) is 18.6. The smallest absolute Gasteiger partial charge is 0.394 e. The number of H-pyrrole nitrogens is 2. The summed E-state index contributed by atoms with van der Waals surface area (Å²) in [6, 6.07) is 1.92. The molecule has 0 aliphatic carbocycles. The van der Waals surface area contributed by atoms with Crippen LogP contribution in [0.2, 0.25) is 0 Å². The van der Waals surface area contributed by atoms with Gasteiger partial charge in [0.2, 0.25) is 0 Å². The summed E-state index contributed by atoms with van der Waals surface area (Å²) in [6.45, 7) is -1.60. The molecule has 0 spiro atoms. The van der Waals surface area contributed by atoms with Gasteiger partial charge in [0.15, 0.2) is 12.5 Å². The Labute approximate surface area is 204 Å². The summed E-state index contributed by atoms with van der Waals surface area (Å²) in [5.41, 5.74) is -3.40. The third-order valence-corrected chi connectivity index (χ3v) is 6.72. The normalized spacial score (nSPS) is 33.4. The molecule has 9 atom stereocenters. The van der Waals surface area contributed by atoms with Crippen LogP contribution in [0.5, 0.6) is 0 Å². The molecule has 2 saturated heterocycles. The lowest BCUT2D eigenvalue weighted by Gasteiger charge is -2.25. The van der Waals surface area contributed by atoms with E-state index in [4.69, 9.17) is 18.5 Å². The lowest BCUT2D eigenvalue weighted by Crippen LogP contribution is -2.39. The van der Waals surface area contributed by atoms with Gasteiger partial charge in [0.25, 0.3) is 11.1 Å². The topological polar surface area (TPSA) is 265 Å². The minimum absolute atomic E-state index is 0.712. The highest BCUT2D eigenvalue weighted by molar-refractivity contribution is 7.47. The van der Waals surface area contributed by atoms with E-state index in [1.54, 1.807) is 0 Å². The summed E-state index contributed by atoms with van der Waals surface area (Å²) >= 11 is 0. The second-order valence-corrected chi connectivity index (χ2v) is 9.56. The number of nitrogens with zero attached hydrogens (tertiary/aromatic N) is 2. The summed E-state index contributed by atoms with van der Waals surface area (Å²) in [5, 5.41) is 40.4. The van der Waals surface area contributed by atoms with Crippen LogP contribution < -0.4 is 22.5 Å². The Balaban J connectivity index is 1.47. The predicted octanol–water partition coefficient (Wildman–Crippen LogP) is -4.54. The first-order chi connectivity index (χ1) is 17.4. The van der Waals surface area contributed by atoms with Crippen molar-refractivity contribution in [3.8, 4) is 0 Å². The number of aromatic amines is 2. The van der Waals surface area contributed by atoms with Crippen LogP contribution >= 0.6 is 7.82 Å². The van der Waals surface area contributed by atoms with Gasteiger partial charge in [-0.15, -0.1) is 0 Å². The van der Waals surface area contributed by atoms with Crippen molar-refractivity contribution in [1.29, 1.82) is 0 Å². The number of aliphatic hydroxyl groups excluding tert-OH is 4. The highest BCUT2D eigenvalue weighted by Crippen LogP contribution is 2.49. The molecule has 4 heterocycles. The van der Waals surface area contributed by atoms with E-state index in [0.717, 1.165) is 33.7 Å². The monoisotopic (exact) mass is 550 g/mol. The van der Waals surface area contributed by atoms with Crippen LogP contribution in [0.4, 0.5) is 0 Å². The third-order valence-electron chi connectivity index (χ3n) is 5.74. The molecule has 2 aliphatic heterocycles. The van der Waals surface area contributed by atoms with Crippen LogP contribution in [0.25, 0.3) is 0 Å². The van der Waals surface area contributed by atoms with Crippen molar-refractivity contribution in [3.05, 3.63) is 66.2 Å². The maximum atomic E-state index is 12.7. The standard InChI is InChI=1S/C18H23N4O14P/c23-5-7-12(27)14(16(34-7)22-4-2-10(25)20-18(22)30)36-37(31,32)33-6-8-11(26)13(28)15(35-8)21-3-1-9(24)19-17(21)29/h1-4,7-8,11-16,23,26-28H,5-6H2,(H,31,32)(H,19,24,29)(H,20,25,30)/t7-,8-,11-,12-,13-,14-,15-,16-/m1/s1. The van der Waals surface area contributed by atoms with E-state index in [1.807, 2.05) is 9.97 Å². The van der Waals surface area contributed by atoms with Crippen molar-refractivity contribution in [3.63, 3.8) is 0 Å². The first kappa shape index (κ1) is 27.3.